The van der Waals surface area contributed by atoms with Crippen molar-refractivity contribution >= 4 is 24.3 Å². The summed E-state index contributed by atoms with van der Waals surface area (Å²) in [5, 5.41) is 39.7. The van der Waals surface area contributed by atoms with Crippen LogP contribution < -0.4 is 5.56 Å². The van der Waals surface area contributed by atoms with Gasteiger partial charge in [-0.25, -0.2) is 4.99 Å². The van der Waals surface area contributed by atoms with Crippen molar-refractivity contribution in [2.24, 2.45) is 4.99 Å². The molecule has 1 aromatic carbocycles. The molecule has 1 aromatic heterocycles. The molecule has 2 aromatic rings. The van der Waals surface area contributed by atoms with Gasteiger partial charge in [-0.2, -0.15) is 0 Å². The third kappa shape index (κ3) is 4.05. The van der Waals surface area contributed by atoms with Gasteiger partial charge >= 0.3 is 0 Å². The highest BCUT2D eigenvalue weighted by Crippen LogP contribution is 2.31. The first kappa shape index (κ1) is 19.5. The molecule has 1 aliphatic heterocycles. The molecule has 5 atom stereocenters. The van der Waals surface area contributed by atoms with E-state index >= 15 is 0 Å². The lowest BCUT2D eigenvalue weighted by Gasteiger charge is -2.40. The molecule has 0 aliphatic carbocycles. The van der Waals surface area contributed by atoms with Gasteiger partial charge in [0.05, 0.1) is 6.61 Å². The van der Waals surface area contributed by atoms with Crippen molar-refractivity contribution in [1.82, 2.24) is 9.55 Å². The molecule has 0 radical (unpaired) electrons. The van der Waals surface area contributed by atoms with Crippen LogP contribution in [0.25, 0.3) is 0 Å². The van der Waals surface area contributed by atoms with E-state index in [0.29, 0.717) is 0 Å². The minimum atomic E-state index is -1.58. The number of aromatic nitrogens is 2. The number of aliphatic hydroxyl groups is 4. The predicted octanol–water partition coefficient (Wildman–Crippen LogP) is -0.371. The molecule has 0 unspecified atom stereocenters. The normalized spacial score (nSPS) is 28.5. The van der Waals surface area contributed by atoms with E-state index in [-0.39, 0.29) is 10.6 Å². The number of aromatic amines is 1. The SMILES string of the molecule is O=c1cc(/N=C/c2ccccc2)n([C@@H]2O[C@H](CO)[C@@H](O)[C@H](O)[C@H]2O)c(=S)[nH]1. The standard InChI is InChI=1S/C17H19N3O6S/c21-8-10-13(23)14(24)15(25)16(26-10)20-11(6-12(22)19-17(20)27)18-7-9-4-2-1-3-5-9/h1-7,10,13-16,21,23-25H,8H2,(H,19,22,27)/b18-7+/t10-,13-,14+,15-,16-/m1/s1. The average Bonchev–Trinajstić information content (AvgIpc) is 2.66. The number of hydrogen-bond donors (Lipinski definition) is 5. The Hall–Kier alpha value is -2.21. The Morgan fingerprint density at radius 3 is 2.56 bits per heavy atom. The highest BCUT2D eigenvalue weighted by atomic mass is 32.1. The van der Waals surface area contributed by atoms with Crippen LogP contribution in [0.1, 0.15) is 11.8 Å². The second-order valence-corrected chi connectivity index (χ2v) is 6.44. The highest BCUT2D eigenvalue weighted by molar-refractivity contribution is 7.71. The van der Waals surface area contributed by atoms with Crippen molar-refractivity contribution in [2.45, 2.75) is 30.6 Å². The van der Waals surface area contributed by atoms with Crippen LogP contribution in [-0.4, -0.2) is 67.2 Å². The molecule has 1 aliphatic rings. The van der Waals surface area contributed by atoms with E-state index in [1.54, 1.807) is 0 Å². The van der Waals surface area contributed by atoms with Gasteiger partial charge < -0.3 is 25.2 Å². The largest absolute Gasteiger partial charge is 0.394 e. The molecular weight excluding hydrogens is 374 g/mol. The van der Waals surface area contributed by atoms with Crippen LogP contribution in [-0.2, 0) is 4.74 Å². The summed E-state index contributed by atoms with van der Waals surface area (Å²) in [7, 11) is 0. The Labute approximate surface area is 158 Å². The van der Waals surface area contributed by atoms with Crippen molar-refractivity contribution in [3.8, 4) is 0 Å². The molecule has 0 spiro atoms. The van der Waals surface area contributed by atoms with Gasteiger partial charge in [0.1, 0.15) is 30.2 Å². The molecule has 5 N–H and O–H groups in total. The Morgan fingerprint density at radius 2 is 1.89 bits per heavy atom. The monoisotopic (exact) mass is 393 g/mol. The molecule has 10 heteroatoms. The van der Waals surface area contributed by atoms with E-state index in [1.165, 1.54) is 10.8 Å². The topological polar surface area (TPSA) is 140 Å². The average molecular weight is 393 g/mol. The van der Waals surface area contributed by atoms with E-state index in [9.17, 15) is 25.2 Å². The number of nitrogens with zero attached hydrogens (tertiary/aromatic N) is 2. The number of aliphatic hydroxyl groups excluding tert-OH is 4. The summed E-state index contributed by atoms with van der Waals surface area (Å²) >= 11 is 5.17. The first-order valence-electron chi connectivity index (χ1n) is 8.18. The minimum absolute atomic E-state index is 0.0805. The summed E-state index contributed by atoms with van der Waals surface area (Å²) in [6.45, 7) is -0.583. The van der Waals surface area contributed by atoms with Gasteiger partial charge in [-0.05, 0) is 17.8 Å². The van der Waals surface area contributed by atoms with Crippen molar-refractivity contribution < 1.29 is 25.2 Å². The molecule has 144 valence electrons. The number of hydrogen-bond acceptors (Lipinski definition) is 8. The molecule has 0 bridgehead atoms. The molecule has 27 heavy (non-hydrogen) atoms. The highest BCUT2D eigenvalue weighted by Gasteiger charge is 2.44. The van der Waals surface area contributed by atoms with Crippen molar-refractivity contribution in [3.05, 3.63) is 57.1 Å². The summed E-state index contributed by atoms with van der Waals surface area (Å²) in [5.41, 5.74) is 0.269. The molecular formula is C17H19N3O6S. The van der Waals surface area contributed by atoms with Gasteiger partial charge in [-0.1, -0.05) is 30.3 Å². The fraction of sp³-hybridized carbons (Fsp3) is 0.353. The summed E-state index contributed by atoms with van der Waals surface area (Å²) in [6.07, 6.45) is -5.54. The zero-order valence-electron chi connectivity index (χ0n) is 14.0. The number of rotatable bonds is 4. The number of H-pyrrole nitrogens is 1. The maximum absolute atomic E-state index is 11.8. The van der Waals surface area contributed by atoms with Crippen LogP contribution in [0.4, 0.5) is 5.82 Å². The van der Waals surface area contributed by atoms with Crippen LogP contribution >= 0.6 is 12.2 Å². The van der Waals surface area contributed by atoms with E-state index < -0.39 is 42.8 Å². The molecule has 1 fully saturated rings. The lowest BCUT2D eigenvalue weighted by molar-refractivity contribution is -0.251. The van der Waals surface area contributed by atoms with Gasteiger partial charge in [0.2, 0.25) is 0 Å². The van der Waals surface area contributed by atoms with Gasteiger partial charge in [-0.3, -0.25) is 14.3 Å². The summed E-state index contributed by atoms with van der Waals surface area (Å²) in [4.78, 5) is 18.5. The van der Waals surface area contributed by atoms with Crippen LogP contribution in [0.2, 0.25) is 0 Å². The lowest BCUT2D eigenvalue weighted by atomic mass is 9.98. The fourth-order valence-electron chi connectivity index (χ4n) is 2.81. The van der Waals surface area contributed by atoms with Crippen molar-refractivity contribution in [3.63, 3.8) is 0 Å². The maximum atomic E-state index is 11.8. The summed E-state index contributed by atoms with van der Waals surface area (Å²) in [6, 6.07) is 10.3. The number of aliphatic imine (C=N–C) groups is 1. The number of nitrogens with one attached hydrogen (secondary N) is 1. The Bertz CT molecular complexity index is 926. The maximum Gasteiger partial charge on any atom is 0.253 e. The fourth-order valence-corrected chi connectivity index (χ4v) is 3.11. The van der Waals surface area contributed by atoms with E-state index in [4.69, 9.17) is 17.0 Å². The van der Waals surface area contributed by atoms with Crippen molar-refractivity contribution in [1.29, 1.82) is 0 Å². The Balaban J connectivity index is 2.05. The van der Waals surface area contributed by atoms with E-state index in [1.807, 2.05) is 30.3 Å². The molecule has 3 rings (SSSR count). The third-order valence-electron chi connectivity index (χ3n) is 4.22. The summed E-state index contributed by atoms with van der Waals surface area (Å²) < 4.78 is 6.65. The lowest BCUT2D eigenvalue weighted by Crippen LogP contribution is -2.56. The van der Waals surface area contributed by atoms with Gasteiger partial charge in [0.15, 0.2) is 11.0 Å². The van der Waals surface area contributed by atoms with Crippen LogP contribution in [0.5, 0.6) is 0 Å². The minimum Gasteiger partial charge on any atom is -0.394 e. The van der Waals surface area contributed by atoms with Crippen LogP contribution in [0.3, 0.4) is 0 Å². The molecule has 1 saturated heterocycles. The van der Waals surface area contributed by atoms with E-state index in [2.05, 4.69) is 9.98 Å². The summed E-state index contributed by atoms with van der Waals surface area (Å²) in [5.74, 6) is 0.0805. The van der Waals surface area contributed by atoms with Gasteiger partial charge in [0.25, 0.3) is 5.56 Å². The van der Waals surface area contributed by atoms with Crippen LogP contribution in [0, 0.1) is 4.77 Å². The molecule has 9 nitrogen and oxygen atoms in total. The molecule has 0 amide bonds. The smallest absolute Gasteiger partial charge is 0.253 e. The number of benzene rings is 1. The first-order chi connectivity index (χ1) is 12.9. The predicted molar refractivity (Wildman–Crippen MR) is 98.6 cm³/mol. The van der Waals surface area contributed by atoms with Crippen LogP contribution in [0.15, 0.2) is 46.2 Å². The first-order valence-corrected chi connectivity index (χ1v) is 8.58. The quantitative estimate of drug-likeness (QED) is 0.353. The van der Waals surface area contributed by atoms with E-state index in [0.717, 1.165) is 11.6 Å². The third-order valence-corrected chi connectivity index (χ3v) is 4.52. The Kier molecular flexibility index (Phi) is 5.95. The number of ether oxygens (including phenoxy) is 1. The zero-order valence-corrected chi connectivity index (χ0v) is 14.9. The van der Waals surface area contributed by atoms with Gasteiger partial charge in [-0.15, -0.1) is 0 Å². The second-order valence-electron chi connectivity index (χ2n) is 6.06. The van der Waals surface area contributed by atoms with Crippen molar-refractivity contribution in [2.75, 3.05) is 6.61 Å². The Morgan fingerprint density at radius 1 is 1.19 bits per heavy atom. The molecule has 0 saturated carbocycles. The molecule has 2 heterocycles. The van der Waals surface area contributed by atoms with Gasteiger partial charge in [0, 0.05) is 12.3 Å². The zero-order chi connectivity index (χ0) is 19.6. The second kappa shape index (κ2) is 8.21.